The minimum Gasteiger partial charge on any atom is -0.444 e. The molecule has 0 unspecified atom stereocenters. The third-order valence-electron chi connectivity index (χ3n) is 2.59. The first-order valence-electron chi connectivity index (χ1n) is 6.03. The lowest BCUT2D eigenvalue weighted by molar-refractivity contribution is -0.130. The Morgan fingerprint density at radius 2 is 2.00 bits per heavy atom. The summed E-state index contributed by atoms with van der Waals surface area (Å²) in [4.78, 5) is 24.6. The molecular weight excluding hydrogens is 220 g/mol. The van der Waals surface area contributed by atoms with E-state index in [9.17, 15) is 9.59 Å². The molecule has 1 aliphatic rings. The summed E-state index contributed by atoms with van der Waals surface area (Å²) in [6.07, 6.45) is 1.40. The van der Waals surface area contributed by atoms with Crippen molar-refractivity contribution in [3.05, 3.63) is 0 Å². The maximum atomic E-state index is 11.6. The van der Waals surface area contributed by atoms with Crippen LogP contribution in [-0.2, 0) is 9.53 Å². The number of amides is 2. The monoisotopic (exact) mass is 242 g/mol. The molecule has 5 heteroatoms. The second-order valence-electron chi connectivity index (χ2n) is 5.45. The van der Waals surface area contributed by atoms with Crippen LogP contribution in [0.3, 0.4) is 0 Å². The zero-order valence-corrected chi connectivity index (χ0v) is 11.1. The fraction of sp³-hybridized carbons (Fsp3) is 0.833. The van der Waals surface area contributed by atoms with Crippen LogP contribution in [0.4, 0.5) is 4.79 Å². The molecule has 17 heavy (non-hydrogen) atoms. The van der Waals surface area contributed by atoms with E-state index in [1.165, 1.54) is 0 Å². The molecule has 0 aliphatic carbocycles. The predicted molar refractivity (Wildman–Crippen MR) is 64.6 cm³/mol. The number of nitrogens with one attached hydrogen (secondary N) is 1. The van der Waals surface area contributed by atoms with Crippen LogP contribution < -0.4 is 5.32 Å². The molecule has 0 spiro atoms. The Morgan fingerprint density at radius 1 is 1.35 bits per heavy atom. The first-order valence-corrected chi connectivity index (χ1v) is 6.03. The summed E-state index contributed by atoms with van der Waals surface area (Å²) in [5.41, 5.74) is -0.487. The van der Waals surface area contributed by atoms with Gasteiger partial charge >= 0.3 is 6.09 Å². The number of hydrogen-bond donors (Lipinski definition) is 1. The number of hydrogen-bond acceptors (Lipinski definition) is 3. The molecule has 0 bridgehead atoms. The predicted octanol–water partition coefficient (Wildman–Crippen LogP) is 1.52. The third-order valence-corrected chi connectivity index (χ3v) is 2.59. The highest BCUT2D eigenvalue weighted by molar-refractivity contribution is 5.73. The number of nitrogens with zero attached hydrogens (tertiary/aromatic N) is 1. The van der Waals surface area contributed by atoms with Crippen LogP contribution in [0.1, 0.15) is 40.5 Å². The van der Waals surface area contributed by atoms with Crippen LogP contribution in [0.15, 0.2) is 0 Å². The molecule has 5 nitrogen and oxygen atoms in total. The molecule has 0 aromatic rings. The Morgan fingerprint density at radius 3 is 2.53 bits per heavy atom. The van der Waals surface area contributed by atoms with Crippen LogP contribution in [0.5, 0.6) is 0 Å². The third kappa shape index (κ3) is 5.06. The highest BCUT2D eigenvalue weighted by Gasteiger charge is 2.24. The lowest BCUT2D eigenvalue weighted by atomic mass is 10.1. The lowest BCUT2D eigenvalue weighted by Gasteiger charge is -2.32. The van der Waals surface area contributed by atoms with Gasteiger partial charge in [0.05, 0.1) is 0 Å². The van der Waals surface area contributed by atoms with Gasteiger partial charge in [-0.25, -0.2) is 4.79 Å². The van der Waals surface area contributed by atoms with Crippen molar-refractivity contribution in [3.8, 4) is 0 Å². The van der Waals surface area contributed by atoms with Crippen LogP contribution >= 0.6 is 0 Å². The van der Waals surface area contributed by atoms with Crippen LogP contribution in [0, 0.1) is 0 Å². The molecule has 98 valence electrons. The normalized spacial score (nSPS) is 20.9. The number of piperidine rings is 1. The van der Waals surface area contributed by atoms with Gasteiger partial charge in [0.1, 0.15) is 5.60 Å². The number of carbonyl (C=O) groups is 2. The van der Waals surface area contributed by atoms with E-state index in [1.54, 1.807) is 11.8 Å². The fourth-order valence-corrected chi connectivity index (χ4v) is 1.86. The summed E-state index contributed by atoms with van der Waals surface area (Å²) in [7, 11) is 0. The van der Waals surface area contributed by atoms with Crippen molar-refractivity contribution in [2.75, 3.05) is 13.1 Å². The molecule has 0 radical (unpaired) electrons. The number of likely N-dealkylation sites (tertiary alicyclic amines) is 1. The zero-order valence-electron chi connectivity index (χ0n) is 11.1. The maximum Gasteiger partial charge on any atom is 0.407 e. The van der Waals surface area contributed by atoms with Gasteiger partial charge < -0.3 is 15.0 Å². The van der Waals surface area contributed by atoms with Gasteiger partial charge in [-0.1, -0.05) is 0 Å². The second-order valence-corrected chi connectivity index (χ2v) is 5.45. The van der Waals surface area contributed by atoms with Gasteiger partial charge in [-0.3, -0.25) is 4.79 Å². The van der Waals surface area contributed by atoms with Crippen molar-refractivity contribution in [3.63, 3.8) is 0 Å². The minimum absolute atomic E-state index is 0.00231. The van der Waals surface area contributed by atoms with Gasteiger partial charge in [-0.15, -0.1) is 0 Å². The molecule has 1 N–H and O–H groups in total. The summed E-state index contributed by atoms with van der Waals surface area (Å²) in [6, 6.07) is 0.00231. The van der Waals surface area contributed by atoms with E-state index in [2.05, 4.69) is 5.32 Å². The van der Waals surface area contributed by atoms with Crippen molar-refractivity contribution < 1.29 is 14.3 Å². The molecule has 0 aromatic carbocycles. The Kier molecular flexibility index (Phi) is 4.37. The number of ether oxygens (including phenoxy) is 1. The van der Waals surface area contributed by atoms with E-state index in [1.807, 2.05) is 20.8 Å². The highest BCUT2D eigenvalue weighted by atomic mass is 16.6. The van der Waals surface area contributed by atoms with Crippen molar-refractivity contribution in [1.29, 1.82) is 0 Å². The summed E-state index contributed by atoms with van der Waals surface area (Å²) in [5, 5.41) is 2.81. The van der Waals surface area contributed by atoms with E-state index in [4.69, 9.17) is 4.74 Å². The molecule has 1 saturated heterocycles. The van der Waals surface area contributed by atoms with Gasteiger partial charge in [-0.05, 0) is 33.6 Å². The Labute approximate surface area is 102 Å². The van der Waals surface area contributed by atoms with Gasteiger partial charge in [0, 0.05) is 26.1 Å². The van der Waals surface area contributed by atoms with Crippen molar-refractivity contribution in [2.45, 2.75) is 52.2 Å². The van der Waals surface area contributed by atoms with Gasteiger partial charge in [-0.2, -0.15) is 0 Å². The average Bonchev–Trinajstić information content (AvgIpc) is 2.14. The van der Waals surface area contributed by atoms with E-state index >= 15 is 0 Å². The highest BCUT2D eigenvalue weighted by Crippen LogP contribution is 2.12. The molecular formula is C12H22N2O3. The van der Waals surface area contributed by atoms with E-state index in [0.29, 0.717) is 6.54 Å². The number of rotatable bonds is 1. The fourth-order valence-electron chi connectivity index (χ4n) is 1.86. The summed E-state index contributed by atoms with van der Waals surface area (Å²) < 4.78 is 5.18. The Hall–Kier alpha value is -1.26. The van der Waals surface area contributed by atoms with Crippen LogP contribution in [-0.4, -0.2) is 41.6 Å². The zero-order chi connectivity index (χ0) is 13.1. The van der Waals surface area contributed by atoms with Crippen molar-refractivity contribution in [1.82, 2.24) is 10.2 Å². The average molecular weight is 242 g/mol. The molecule has 0 aromatic heterocycles. The molecule has 1 fully saturated rings. The van der Waals surface area contributed by atoms with Crippen LogP contribution in [0.25, 0.3) is 0 Å². The van der Waals surface area contributed by atoms with E-state index in [0.717, 1.165) is 19.4 Å². The largest absolute Gasteiger partial charge is 0.444 e. The van der Waals surface area contributed by atoms with E-state index in [-0.39, 0.29) is 11.9 Å². The molecule has 1 aliphatic heterocycles. The Bertz CT molecular complexity index is 297. The van der Waals surface area contributed by atoms with Gasteiger partial charge in [0.25, 0.3) is 0 Å². The topological polar surface area (TPSA) is 58.6 Å². The smallest absolute Gasteiger partial charge is 0.407 e. The molecule has 1 rings (SSSR count). The van der Waals surface area contributed by atoms with Crippen LogP contribution in [0.2, 0.25) is 0 Å². The quantitative estimate of drug-likeness (QED) is 0.758. The number of carbonyl (C=O) groups excluding carboxylic acids is 2. The summed E-state index contributed by atoms with van der Waals surface area (Å²) in [5.74, 6) is 0.0562. The van der Waals surface area contributed by atoms with E-state index < -0.39 is 11.7 Å². The molecule has 1 atom stereocenters. The summed E-state index contributed by atoms with van der Waals surface area (Å²) in [6.45, 7) is 8.40. The second kappa shape index (κ2) is 5.38. The molecule has 0 saturated carbocycles. The van der Waals surface area contributed by atoms with Crippen molar-refractivity contribution in [2.24, 2.45) is 0 Å². The maximum absolute atomic E-state index is 11.6. The van der Waals surface area contributed by atoms with Gasteiger partial charge in [0.15, 0.2) is 0 Å². The Balaban J connectivity index is 2.41. The molecule has 2 amide bonds. The summed E-state index contributed by atoms with van der Waals surface area (Å²) >= 11 is 0. The molecule has 1 heterocycles. The standard InChI is InChI=1S/C12H22N2O3/c1-9(15)14-7-5-6-10(8-14)13-11(16)17-12(2,3)4/h10H,5-8H2,1-4H3,(H,13,16)/t10-/m0/s1. The SMILES string of the molecule is CC(=O)N1CCC[C@H](NC(=O)OC(C)(C)C)C1. The van der Waals surface area contributed by atoms with Gasteiger partial charge in [0.2, 0.25) is 5.91 Å². The number of alkyl carbamates (subject to hydrolysis) is 1. The first kappa shape index (κ1) is 13.8. The first-order chi connectivity index (χ1) is 7.78. The van der Waals surface area contributed by atoms with Crippen molar-refractivity contribution >= 4 is 12.0 Å². The minimum atomic E-state index is -0.487. The lowest BCUT2D eigenvalue weighted by Crippen LogP contribution is -2.50.